The van der Waals surface area contributed by atoms with Gasteiger partial charge in [0.15, 0.2) is 0 Å². The normalized spacial score (nSPS) is 23.6. The molecule has 7 heteroatoms. The number of nitrogens with one attached hydrogen (secondary N) is 1. The molecule has 2 fully saturated rings. The van der Waals surface area contributed by atoms with E-state index >= 15 is 0 Å². The van der Waals surface area contributed by atoms with Crippen molar-refractivity contribution in [3.05, 3.63) is 36.8 Å². The standard InChI is InChI=1S/C21H25N5O2/c1-14-19(27-9-8-22-14)13-28-20-16-4-3-7-23-18(16)10-17(25-20)15-11-24-26(12-15)21(2)5-6-21/h3-4,7,10-12,14,19,22H,5-6,8-9,13H2,1-2H3/t14-,19+/m0/s1. The van der Waals surface area contributed by atoms with Crippen molar-refractivity contribution >= 4 is 10.9 Å². The lowest BCUT2D eigenvalue weighted by Crippen LogP contribution is -2.49. The Bertz CT molecular complexity index is 997. The molecule has 5 rings (SSSR count). The third kappa shape index (κ3) is 3.25. The van der Waals surface area contributed by atoms with E-state index in [0.29, 0.717) is 19.1 Å². The van der Waals surface area contributed by atoms with Gasteiger partial charge in [-0.25, -0.2) is 4.98 Å². The first kappa shape index (κ1) is 17.6. The number of ether oxygens (including phenoxy) is 2. The molecule has 4 heterocycles. The van der Waals surface area contributed by atoms with Crippen LogP contribution in [0.25, 0.3) is 22.2 Å². The highest BCUT2D eigenvalue weighted by atomic mass is 16.5. The number of hydrogen-bond donors (Lipinski definition) is 1. The number of pyridine rings is 2. The Morgan fingerprint density at radius 3 is 3.11 bits per heavy atom. The van der Waals surface area contributed by atoms with Crippen LogP contribution in [-0.4, -0.2) is 51.7 Å². The summed E-state index contributed by atoms with van der Waals surface area (Å²) < 4.78 is 14.0. The summed E-state index contributed by atoms with van der Waals surface area (Å²) in [4.78, 5) is 9.32. The highest BCUT2D eigenvalue weighted by Crippen LogP contribution is 2.42. The average Bonchev–Trinajstić information content (AvgIpc) is 3.27. The first-order valence-electron chi connectivity index (χ1n) is 9.91. The molecule has 0 spiro atoms. The van der Waals surface area contributed by atoms with Crippen molar-refractivity contribution in [1.29, 1.82) is 0 Å². The number of nitrogens with zero attached hydrogens (tertiary/aromatic N) is 4. The number of fused-ring (bicyclic) bond motifs is 1. The van der Waals surface area contributed by atoms with Gasteiger partial charge >= 0.3 is 0 Å². The van der Waals surface area contributed by atoms with Gasteiger partial charge in [0.05, 0.1) is 34.9 Å². The van der Waals surface area contributed by atoms with Gasteiger partial charge in [-0.1, -0.05) is 0 Å². The lowest BCUT2D eigenvalue weighted by atomic mass is 10.1. The molecule has 3 aromatic heterocycles. The van der Waals surface area contributed by atoms with Crippen molar-refractivity contribution < 1.29 is 9.47 Å². The summed E-state index contributed by atoms with van der Waals surface area (Å²) >= 11 is 0. The van der Waals surface area contributed by atoms with Gasteiger partial charge in [-0.2, -0.15) is 5.10 Å². The van der Waals surface area contributed by atoms with E-state index in [1.807, 2.05) is 24.4 Å². The zero-order valence-corrected chi connectivity index (χ0v) is 16.3. The zero-order valence-electron chi connectivity index (χ0n) is 16.3. The second kappa shape index (κ2) is 6.83. The quantitative estimate of drug-likeness (QED) is 0.735. The minimum Gasteiger partial charge on any atom is -0.474 e. The molecule has 1 saturated heterocycles. The summed E-state index contributed by atoms with van der Waals surface area (Å²) in [6.07, 6.45) is 8.08. The Morgan fingerprint density at radius 2 is 2.29 bits per heavy atom. The molecule has 3 aromatic rings. The largest absolute Gasteiger partial charge is 0.474 e. The minimum absolute atomic E-state index is 0.00324. The summed E-state index contributed by atoms with van der Waals surface area (Å²) in [5.41, 5.74) is 2.83. The number of hydrogen-bond acceptors (Lipinski definition) is 6. The van der Waals surface area contributed by atoms with Crippen molar-refractivity contribution in [2.75, 3.05) is 19.8 Å². The van der Waals surface area contributed by atoms with E-state index in [9.17, 15) is 0 Å². The van der Waals surface area contributed by atoms with Crippen molar-refractivity contribution in [2.45, 2.75) is 44.4 Å². The first-order valence-corrected chi connectivity index (χ1v) is 9.91. The van der Waals surface area contributed by atoms with E-state index in [1.165, 1.54) is 12.8 Å². The topological polar surface area (TPSA) is 74.1 Å². The fourth-order valence-electron chi connectivity index (χ4n) is 3.59. The molecule has 0 bridgehead atoms. The Morgan fingerprint density at radius 1 is 1.39 bits per heavy atom. The van der Waals surface area contributed by atoms with E-state index in [2.05, 4.69) is 40.1 Å². The highest BCUT2D eigenvalue weighted by Gasteiger charge is 2.40. The maximum absolute atomic E-state index is 6.13. The van der Waals surface area contributed by atoms with Crippen molar-refractivity contribution in [3.63, 3.8) is 0 Å². The first-order chi connectivity index (χ1) is 13.6. The smallest absolute Gasteiger partial charge is 0.223 e. The van der Waals surface area contributed by atoms with Crippen LogP contribution in [0.3, 0.4) is 0 Å². The highest BCUT2D eigenvalue weighted by molar-refractivity contribution is 5.86. The summed E-state index contributed by atoms with van der Waals surface area (Å²) in [6, 6.07) is 6.15. The molecule has 1 aliphatic carbocycles. The molecule has 2 aliphatic rings. The zero-order chi connectivity index (χ0) is 19.1. The fourth-order valence-corrected chi connectivity index (χ4v) is 3.59. The van der Waals surface area contributed by atoms with Crippen molar-refractivity contribution in [2.24, 2.45) is 0 Å². The molecule has 0 unspecified atom stereocenters. The Kier molecular flexibility index (Phi) is 4.29. The van der Waals surface area contributed by atoms with Gasteiger partial charge in [-0.3, -0.25) is 9.67 Å². The number of aromatic nitrogens is 4. The molecule has 0 radical (unpaired) electrons. The van der Waals surface area contributed by atoms with Gasteiger partial charge in [-0.05, 0) is 44.9 Å². The molecule has 7 nitrogen and oxygen atoms in total. The Balaban J connectivity index is 1.46. The van der Waals surface area contributed by atoms with Crippen LogP contribution in [-0.2, 0) is 10.3 Å². The van der Waals surface area contributed by atoms with E-state index in [4.69, 9.17) is 14.5 Å². The molecule has 1 saturated carbocycles. The fraction of sp³-hybridized carbons (Fsp3) is 0.476. The predicted molar refractivity (Wildman–Crippen MR) is 106 cm³/mol. The molecule has 1 N–H and O–H groups in total. The third-order valence-corrected chi connectivity index (χ3v) is 5.81. The Hall–Kier alpha value is -2.51. The SMILES string of the molecule is C[C@@H]1NCCO[C@@H]1COc1nc(-c2cnn(C3(C)CC3)c2)cc2ncccc12. The van der Waals surface area contributed by atoms with E-state index in [1.54, 1.807) is 6.20 Å². The maximum Gasteiger partial charge on any atom is 0.223 e. The molecular weight excluding hydrogens is 354 g/mol. The molecule has 0 aromatic carbocycles. The lowest BCUT2D eigenvalue weighted by Gasteiger charge is -2.30. The van der Waals surface area contributed by atoms with E-state index < -0.39 is 0 Å². The molecular formula is C21H25N5O2. The van der Waals surface area contributed by atoms with Gasteiger partial charge < -0.3 is 14.8 Å². The number of morpholine rings is 1. The van der Waals surface area contributed by atoms with E-state index in [0.717, 1.165) is 28.7 Å². The van der Waals surface area contributed by atoms with E-state index in [-0.39, 0.29) is 17.7 Å². The monoisotopic (exact) mass is 379 g/mol. The second-order valence-corrected chi connectivity index (χ2v) is 8.02. The van der Waals surface area contributed by atoms with Gasteiger partial charge in [-0.15, -0.1) is 0 Å². The van der Waals surface area contributed by atoms with Gasteiger partial charge in [0.25, 0.3) is 0 Å². The molecule has 28 heavy (non-hydrogen) atoms. The Labute approximate surface area is 164 Å². The predicted octanol–water partition coefficient (Wildman–Crippen LogP) is 2.76. The molecule has 0 amide bonds. The minimum atomic E-state index is 0.00324. The van der Waals surface area contributed by atoms with Crippen LogP contribution in [0.1, 0.15) is 26.7 Å². The second-order valence-electron chi connectivity index (χ2n) is 8.02. The molecule has 1 aliphatic heterocycles. The van der Waals surface area contributed by atoms with Crippen molar-refractivity contribution in [1.82, 2.24) is 25.1 Å². The summed E-state index contributed by atoms with van der Waals surface area (Å²) in [5, 5.41) is 8.88. The van der Waals surface area contributed by atoms with Crippen LogP contribution in [0.2, 0.25) is 0 Å². The summed E-state index contributed by atoms with van der Waals surface area (Å²) in [6.45, 7) is 6.37. The third-order valence-electron chi connectivity index (χ3n) is 5.81. The van der Waals surface area contributed by atoms with Gasteiger partial charge in [0.1, 0.15) is 12.7 Å². The average molecular weight is 379 g/mol. The van der Waals surface area contributed by atoms with Crippen molar-refractivity contribution in [3.8, 4) is 17.1 Å². The number of rotatable bonds is 5. The van der Waals surface area contributed by atoms with Crippen LogP contribution < -0.4 is 10.1 Å². The molecule has 146 valence electrons. The molecule has 2 atom stereocenters. The van der Waals surface area contributed by atoms with Crippen LogP contribution >= 0.6 is 0 Å². The van der Waals surface area contributed by atoms with Crippen LogP contribution in [0.15, 0.2) is 36.8 Å². The summed E-state index contributed by atoms with van der Waals surface area (Å²) in [5.74, 6) is 0.590. The lowest BCUT2D eigenvalue weighted by molar-refractivity contribution is -0.0248. The van der Waals surface area contributed by atoms with Crippen LogP contribution in [0.5, 0.6) is 5.88 Å². The maximum atomic E-state index is 6.13. The van der Waals surface area contributed by atoms with Gasteiger partial charge in [0.2, 0.25) is 5.88 Å². The summed E-state index contributed by atoms with van der Waals surface area (Å²) in [7, 11) is 0. The van der Waals surface area contributed by atoms with Gasteiger partial charge in [0, 0.05) is 30.5 Å². The van der Waals surface area contributed by atoms with Crippen LogP contribution in [0, 0.1) is 0 Å². The van der Waals surface area contributed by atoms with Crippen LogP contribution in [0.4, 0.5) is 0 Å².